The molecule has 0 bridgehead atoms. The quantitative estimate of drug-likeness (QED) is 0.685. The third-order valence-corrected chi connectivity index (χ3v) is 2.36. The molecule has 0 spiro atoms. The lowest BCUT2D eigenvalue weighted by Crippen LogP contribution is -2.19. The van der Waals surface area contributed by atoms with Crippen molar-refractivity contribution in [1.29, 1.82) is 0 Å². The standard InChI is InChI=1S/C11H14INO2/c1-3-15-10-6-4-9(5-7-10)13-11(14)8(2)12/h4-8H,3H2,1-2H3,(H,13,14). The molecule has 0 aliphatic rings. The Labute approximate surface area is 103 Å². The lowest BCUT2D eigenvalue weighted by Gasteiger charge is -2.07. The zero-order valence-corrected chi connectivity index (χ0v) is 10.9. The lowest BCUT2D eigenvalue weighted by molar-refractivity contribution is -0.115. The molecule has 0 aliphatic heterocycles. The number of halogens is 1. The monoisotopic (exact) mass is 319 g/mol. The Kier molecular flexibility index (Phi) is 4.87. The minimum absolute atomic E-state index is 0.0137. The number of amides is 1. The molecule has 1 rings (SSSR count). The molecular weight excluding hydrogens is 305 g/mol. The van der Waals surface area contributed by atoms with E-state index in [0.717, 1.165) is 11.4 Å². The van der Waals surface area contributed by atoms with Crippen LogP contribution in [0.4, 0.5) is 5.69 Å². The van der Waals surface area contributed by atoms with Gasteiger partial charge >= 0.3 is 0 Å². The second kappa shape index (κ2) is 5.95. The SMILES string of the molecule is CCOc1ccc(NC(=O)C(C)I)cc1. The van der Waals surface area contributed by atoms with Crippen molar-refractivity contribution in [1.82, 2.24) is 0 Å². The highest BCUT2D eigenvalue weighted by molar-refractivity contribution is 14.1. The zero-order valence-electron chi connectivity index (χ0n) is 8.79. The summed E-state index contributed by atoms with van der Waals surface area (Å²) in [5.41, 5.74) is 0.798. The minimum atomic E-state index is -0.0332. The highest BCUT2D eigenvalue weighted by atomic mass is 127. The van der Waals surface area contributed by atoms with Gasteiger partial charge in [0.05, 0.1) is 10.5 Å². The van der Waals surface area contributed by atoms with E-state index in [1.807, 2.05) is 38.1 Å². The predicted octanol–water partition coefficient (Wildman–Crippen LogP) is 2.85. The molecule has 1 N–H and O–H groups in total. The van der Waals surface area contributed by atoms with E-state index in [4.69, 9.17) is 4.74 Å². The van der Waals surface area contributed by atoms with Crippen LogP contribution < -0.4 is 10.1 Å². The Morgan fingerprint density at radius 3 is 2.53 bits per heavy atom. The fourth-order valence-electron chi connectivity index (χ4n) is 1.04. The van der Waals surface area contributed by atoms with Crippen LogP contribution in [0.2, 0.25) is 0 Å². The summed E-state index contributed by atoms with van der Waals surface area (Å²) < 4.78 is 5.27. The Balaban J connectivity index is 2.60. The van der Waals surface area contributed by atoms with Crippen LogP contribution in [0.3, 0.4) is 0 Å². The van der Waals surface area contributed by atoms with E-state index in [0.29, 0.717) is 6.61 Å². The normalized spacial score (nSPS) is 11.9. The van der Waals surface area contributed by atoms with E-state index in [1.54, 1.807) is 0 Å². The molecule has 0 aliphatic carbocycles. The van der Waals surface area contributed by atoms with E-state index >= 15 is 0 Å². The van der Waals surface area contributed by atoms with Gasteiger partial charge in [0.1, 0.15) is 5.75 Å². The largest absolute Gasteiger partial charge is 0.494 e. The molecular formula is C11H14INO2. The molecule has 1 unspecified atom stereocenters. The van der Waals surface area contributed by atoms with Gasteiger partial charge in [0.15, 0.2) is 0 Å². The first-order valence-corrected chi connectivity index (χ1v) is 6.06. The molecule has 1 aromatic rings. The van der Waals surface area contributed by atoms with Crippen molar-refractivity contribution >= 4 is 34.2 Å². The van der Waals surface area contributed by atoms with Gasteiger partial charge in [-0.3, -0.25) is 4.79 Å². The molecule has 0 fully saturated rings. The third-order valence-electron chi connectivity index (χ3n) is 1.79. The summed E-state index contributed by atoms with van der Waals surface area (Å²) in [6.07, 6.45) is 0. The number of ether oxygens (including phenoxy) is 1. The number of alkyl halides is 1. The highest BCUT2D eigenvalue weighted by Gasteiger charge is 2.07. The van der Waals surface area contributed by atoms with Crippen molar-refractivity contribution in [2.75, 3.05) is 11.9 Å². The van der Waals surface area contributed by atoms with Crippen LogP contribution in [-0.4, -0.2) is 16.4 Å². The maximum Gasteiger partial charge on any atom is 0.237 e. The van der Waals surface area contributed by atoms with Crippen LogP contribution in [-0.2, 0) is 4.79 Å². The van der Waals surface area contributed by atoms with E-state index < -0.39 is 0 Å². The topological polar surface area (TPSA) is 38.3 Å². The molecule has 0 heterocycles. The van der Waals surface area contributed by atoms with E-state index in [9.17, 15) is 4.79 Å². The van der Waals surface area contributed by atoms with Gasteiger partial charge in [0.25, 0.3) is 0 Å². The lowest BCUT2D eigenvalue weighted by atomic mass is 10.3. The fraction of sp³-hybridized carbons (Fsp3) is 0.364. The second-order valence-corrected chi connectivity index (χ2v) is 4.93. The Hall–Kier alpha value is -0.780. The Morgan fingerprint density at radius 1 is 1.47 bits per heavy atom. The molecule has 1 aromatic carbocycles. The summed E-state index contributed by atoms with van der Waals surface area (Å²) in [7, 11) is 0. The van der Waals surface area contributed by atoms with E-state index in [2.05, 4.69) is 27.9 Å². The fourth-order valence-corrected chi connectivity index (χ4v) is 1.20. The van der Waals surface area contributed by atoms with Crippen LogP contribution >= 0.6 is 22.6 Å². The molecule has 4 heteroatoms. The summed E-state index contributed by atoms with van der Waals surface area (Å²) in [4.78, 5) is 11.4. The molecule has 0 radical (unpaired) electrons. The number of benzene rings is 1. The smallest absolute Gasteiger partial charge is 0.237 e. The highest BCUT2D eigenvalue weighted by Crippen LogP contribution is 2.16. The van der Waals surface area contributed by atoms with Crippen molar-refractivity contribution in [2.24, 2.45) is 0 Å². The zero-order chi connectivity index (χ0) is 11.3. The number of nitrogens with one attached hydrogen (secondary N) is 1. The third kappa shape index (κ3) is 4.07. The summed E-state index contributed by atoms with van der Waals surface area (Å²) in [5.74, 6) is 0.831. The van der Waals surface area contributed by atoms with Crippen LogP contribution in [0.25, 0.3) is 0 Å². The average Bonchev–Trinajstić information content (AvgIpc) is 2.21. The number of rotatable bonds is 4. The van der Waals surface area contributed by atoms with Crippen molar-refractivity contribution < 1.29 is 9.53 Å². The van der Waals surface area contributed by atoms with Gasteiger partial charge in [-0.05, 0) is 38.1 Å². The van der Waals surface area contributed by atoms with Crippen LogP contribution in [0.15, 0.2) is 24.3 Å². The number of hydrogen-bond donors (Lipinski definition) is 1. The maximum absolute atomic E-state index is 11.4. The van der Waals surface area contributed by atoms with E-state index in [1.165, 1.54) is 0 Å². The second-order valence-electron chi connectivity index (χ2n) is 3.06. The van der Waals surface area contributed by atoms with Gasteiger partial charge in [-0.15, -0.1) is 0 Å². The molecule has 15 heavy (non-hydrogen) atoms. The van der Waals surface area contributed by atoms with Gasteiger partial charge < -0.3 is 10.1 Å². The first kappa shape index (κ1) is 12.3. The van der Waals surface area contributed by atoms with Gasteiger partial charge in [-0.1, -0.05) is 22.6 Å². The number of carbonyl (C=O) groups is 1. The van der Waals surface area contributed by atoms with Crippen LogP contribution in [0.1, 0.15) is 13.8 Å². The van der Waals surface area contributed by atoms with Crippen molar-refractivity contribution in [2.45, 2.75) is 17.8 Å². The number of anilines is 1. The van der Waals surface area contributed by atoms with Gasteiger partial charge in [-0.2, -0.15) is 0 Å². The van der Waals surface area contributed by atoms with Gasteiger partial charge in [0.2, 0.25) is 5.91 Å². The Morgan fingerprint density at radius 2 is 2.07 bits per heavy atom. The first-order valence-electron chi connectivity index (χ1n) is 4.81. The molecule has 0 saturated carbocycles. The Bertz CT molecular complexity index is 322. The van der Waals surface area contributed by atoms with Crippen molar-refractivity contribution in [3.8, 4) is 5.75 Å². The summed E-state index contributed by atoms with van der Waals surface area (Å²) in [6, 6.07) is 7.36. The van der Waals surface area contributed by atoms with Crippen LogP contribution in [0.5, 0.6) is 5.75 Å². The van der Waals surface area contributed by atoms with Gasteiger partial charge in [-0.25, -0.2) is 0 Å². The minimum Gasteiger partial charge on any atom is -0.494 e. The summed E-state index contributed by atoms with van der Waals surface area (Å²) in [5, 5.41) is 2.81. The summed E-state index contributed by atoms with van der Waals surface area (Å²) in [6.45, 7) is 4.44. The molecule has 1 atom stereocenters. The molecule has 82 valence electrons. The number of carbonyl (C=O) groups excluding carboxylic acids is 1. The first-order chi connectivity index (χ1) is 7.13. The van der Waals surface area contributed by atoms with E-state index in [-0.39, 0.29) is 9.83 Å². The summed E-state index contributed by atoms with van der Waals surface area (Å²) >= 11 is 2.08. The molecule has 3 nitrogen and oxygen atoms in total. The maximum atomic E-state index is 11.4. The number of hydrogen-bond acceptors (Lipinski definition) is 2. The molecule has 0 saturated heterocycles. The predicted molar refractivity (Wildman–Crippen MR) is 69.7 cm³/mol. The average molecular weight is 319 g/mol. The van der Waals surface area contributed by atoms with Crippen molar-refractivity contribution in [3.63, 3.8) is 0 Å². The van der Waals surface area contributed by atoms with Crippen molar-refractivity contribution in [3.05, 3.63) is 24.3 Å². The van der Waals surface area contributed by atoms with Crippen LogP contribution in [0, 0.1) is 0 Å². The molecule has 0 aromatic heterocycles. The van der Waals surface area contributed by atoms with Gasteiger partial charge in [0, 0.05) is 5.69 Å². The molecule has 1 amide bonds.